The Hall–Kier alpha value is -1.79. The number of carboxylic acid groups (broad SMARTS) is 1. The number of thioether (sulfide) groups is 1. The first-order valence-electron chi connectivity index (χ1n) is 5.60. The molecule has 1 aromatic carbocycles. The van der Waals surface area contributed by atoms with Crippen molar-refractivity contribution < 1.29 is 9.90 Å². The van der Waals surface area contributed by atoms with Gasteiger partial charge in [0.25, 0.3) is 0 Å². The van der Waals surface area contributed by atoms with Crippen LogP contribution in [0.15, 0.2) is 40.7 Å². The summed E-state index contributed by atoms with van der Waals surface area (Å²) in [7, 11) is 0. The summed E-state index contributed by atoms with van der Waals surface area (Å²) in [5.74, 6) is -0.303. The van der Waals surface area contributed by atoms with E-state index in [1.54, 1.807) is 17.1 Å². The number of fused-ring (bicyclic) bond motifs is 1. The highest BCUT2D eigenvalue weighted by Crippen LogP contribution is 2.26. The number of carbonyl (C=O) groups is 1. The standard InChI is InChI=1S/C13H10N2O2S2/c16-13(17)12-14-9(7-19-12)6-18-11-5-8-3-1-2-4-10(8)15-11/h1-5,7,15H,6H2,(H,16,17). The molecule has 2 N–H and O–H groups in total. The van der Waals surface area contributed by atoms with Gasteiger partial charge in [0.15, 0.2) is 0 Å². The van der Waals surface area contributed by atoms with E-state index in [1.165, 1.54) is 5.39 Å². The maximum absolute atomic E-state index is 10.7. The van der Waals surface area contributed by atoms with Gasteiger partial charge in [-0.25, -0.2) is 9.78 Å². The van der Waals surface area contributed by atoms with Crippen LogP contribution in [-0.2, 0) is 5.75 Å². The average molecular weight is 290 g/mol. The predicted molar refractivity (Wildman–Crippen MR) is 76.9 cm³/mol. The van der Waals surface area contributed by atoms with Gasteiger partial charge in [-0.05, 0) is 12.1 Å². The van der Waals surface area contributed by atoms with Gasteiger partial charge in [-0.2, -0.15) is 0 Å². The molecular formula is C13H10N2O2S2. The zero-order chi connectivity index (χ0) is 13.2. The first-order valence-corrected chi connectivity index (χ1v) is 7.47. The van der Waals surface area contributed by atoms with Gasteiger partial charge in [-0.1, -0.05) is 18.2 Å². The number of hydrogen-bond donors (Lipinski definition) is 2. The van der Waals surface area contributed by atoms with Crippen LogP contribution in [0.5, 0.6) is 0 Å². The molecule has 0 bridgehead atoms. The molecule has 0 fully saturated rings. The quantitative estimate of drug-likeness (QED) is 0.720. The van der Waals surface area contributed by atoms with Crippen molar-refractivity contribution >= 4 is 40.0 Å². The molecule has 19 heavy (non-hydrogen) atoms. The molecule has 3 rings (SSSR count). The van der Waals surface area contributed by atoms with Gasteiger partial charge in [0.2, 0.25) is 5.01 Å². The predicted octanol–water partition coefficient (Wildman–Crippen LogP) is 3.61. The number of H-pyrrole nitrogens is 1. The van der Waals surface area contributed by atoms with E-state index >= 15 is 0 Å². The minimum absolute atomic E-state index is 0.146. The Bertz CT molecular complexity index is 700. The highest BCUT2D eigenvalue weighted by molar-refractivity contribution is 7.98. The van der Waals surface area contributed by atoms with Gasteiger partial charge in [-0.3, -0.25) is 0 Å². The Kier molecular flexibility index (Phi) is 3.27. The number of carboxylic acids is 1. The Morgan fingerprint density at radius 1 is 1.42 bits per heavy atom. The second-order valence-electron chi connectivity index (χ2n) is 3.96. The van der Waals surface area contributed by atoms with E-state index in [0.29, 0.717) is 5.75 Å². The molecule has 0 unspecified atom stereocenters. The van der Waals surface area contributed by atoms with E-state index in [-0.39, 0.29) is 5.01 Å². The van der Waals surface area contributed by atoms with Crippen LogP contribution in [-0.4, -0.2) is 21.0 Å². The first kappa shape index (κ1) is 12.3. The van der Waals surface area contributed by atoms with Crippen LogP contribution in [0, 0.1) is 0 Å². The van der Waals surface area contributed by atoms with Crippen molar-refractivity contribution in [3.05, 3.63) is 46.4 Å². The van der Waals surface area contributed by atoms with Crippen LogP contribution in [0.25, 0.3) is 10.9 Å². The van der Waals surface area contributed by atoms with Gasteiger partial charge < -0.3 is 10.1 Å². The number of aromatic carboxylic acids is 1. The molecule has 3 aromatic rings. The van der Waals surface area contributed by atoms with E-state index < -0.39 is 5.97 Å². The van der Waals surface area contributed by atoms with Gasteiger partial charge in [0, 0.05) is 22.0 Å². The fourth-order valence-electron chi connectivity index (χ4n) is 1.75. The van der Waals surface area contributed by atoms with Crippen LogP contribution in [0.3, 0.4) is 0 Å². The molecule has 0 aliphatic heterocycles. The smallest absolute Gasteiger partial charge is 0.365 e. The summed E-state index contributed by atoms with van der Waals surface area (Å²) in [6.45, 7) is 0. The van der Waals surface area contributed by atoms with Crippen LogP contribution >= 0.6 is 23.1 Å². The topological polar surface area (TPSA) is 66.0 Å². The van der Waals surface area contributed by atoms with Gasteiger partial charge in [-0.15, -0.1) is 23.1 Å². The van der Waals surface area contributed by atoms with Crippen LogP contribution in [0.1, 0.15) is 15.5 Å². The molecule has 0 spiro atoms. The van der Waals surface area contributed by atoms with E-state index in [9.17, 15) is 4.79 Å². The number of rotatable bonds is 4. The largest absolute Gasteiger partial charge is 0.476 e. The molecule has 0 atom stereocenters. The number of thiazole rings is 1. The Balaban J connectivity index is 1.72. The lowest BCUT2D eigenvalue weighted by Crippen LogP contribution is -1.94. The zero-order valence-corrected chi connectivity index (χ0v) is 11.4. The number of nitrogens with zero attached hydrogens (tertiary/aromatic N) is 1. The number of hydrogen-bond acceptors (Lipinski definition) is 4. The number of benzene rings is 1. The van der Waals surface area contributed by atoms with Crippen molar-refractivity contribution in [2.24, 2.45) is 0 Å². The van der Waals surface area contributed by atoms with Gasteiger partial charge in [0.1, 0.15) is 0 Å². The van der Waals surface area contributed by atoms with E-state index in [4.69, 9.17) is 5.11 Å². The van der Waals surface area contributed by atoms with E-state index in [2.05, 4.69) is 22.1 Å². The highest BCUT2D eigenvalue weighted by Gasteiger charge is 2.09. The second kappa shape index (κ2) is 5.07. The van der Waals surface area contributed by atoms with Crippen molar-refractivity contribution in [1.29, 1.82) is 0 Å². The molecule has 0 aliphatic rings. The Labute approximate surface area is 117 Å². The number of nitrogens with one attached hydrogen (secondary N) is 1. The van der Waals surface area contributed by atoms with Crippen LogP contribution in [0.4, 0.5) is 0 Å². The molecular weight excluding hydrogens is 280 g/mol. The summed E-state index contributed by atoms with van der Waals surface area (Å²) in [6.07, 6.45) is 0. The molecule has 0 radical (unpaired) electrons. The van der Waals surface area contributed by atoms with Gasteiger partial charge in [0.05, 0.1) is 10.7 Å². The summed E-state index contributed by atoms with van der Waals surface area (Å²) in [6, 6.07) is 10.2. The lowest BCUT2D eigenvalue weighted by atomic mass is 10.3. The number of aromatic amines is 1. The summed E-state index contributed by atoms with van der Waals surface area (Å²) in [4.78, 5) is 18.1. The lowest BCUT2D eigenvalue weighted by molar-refractivity contribution is 0.0696. The third-order valence-corrected chi connectivity index (χ3v) is 4.47. The van der Waals surface area contributed by atoms with Crippen molar-refractivity contribution in [1.82, 2.24) is 9.97 Å². The molecule has 2 aromatic heterocycles. The monoisotopic (exact) mass is 290 g/mol. The molecule has 0 saturated heterocycles. The molecule has 0 amide bonds. The number of aromatic nitrogens is 2. The molecule has 96 valence electrons. The molecule has 6 heteroatoms. The van der Waals surface area contributed by atoms with Crippen molar-refractivity contribution in [2.75, 3.05) is 0 Å². The van der Waals surface area contributed by atoms with E-state index in [0.717, 1.165) is 27.6 Å². The summed E-state index contributed by atoms with van der Waals surface area (Å²) >= 11 is 2.78. The number of para-hydroxylation sites is 1. The minimum Gasteiger partial charge on any atom is -0.476 e. The summed E-state index contributed by atoms with van der Waals surface area (Å²) < 4.78 is 0. The second-order valence-corrected chi connectivity index (χ2v) is 5.83. The maximum atomic E-state index is 10.7. The van der Waals surface area contributed by atoms with E-state index in [1.807, 2.05) is 18.2 Å². The molecule has 2 heterocycles. The summed E-state index contributed by atoms with van der Waals surface area (Å²) in [5, 5.41) is 13.0. The van der Waals surface area contributed by atoms with Crippen molar-refractivity contribution in [3.8, 4) is 0 Å². The SMILES string of the molecule is O=C(O)c1nc(CSc2cc3ccccc3[nH]2)cs1. The van der Waals surface area contributed by atoms with Crippen LogP contribution in [0.2, 0.25) is 0 Å². The van der Waals surface area contributed by atoms with Crippen molar-refractivity contribution in [3.63, 3.8) is 0 Å². The van der Waals surface area contributed by atoms with Crippen LogP contribution < -0.4 is 0 Å². The molecule has 0 saturated carbocycles. The normalized spacial score (nSPS) is 10.9. The summed E-state index contributed by atoms with van der Waals surface area (Å²) in [5.41, 5.74) is 1.90. The Morgan fingerprint density at radius 2 is 2.26 bits per heavy atom. The third-order valence-electron chi connectivity index (χ3n) is 2.62. The Morgan fingerprint density at radius 3 is 3.00 bits per heavy atom. The highest BCUT2D eigenvalue weighted by atomic mass is 32.2. The minimum atomic E-state index is -0.966. The molecule has 4 nitrogen and oxygen atoms in total. The average Bonchev–Trinajstić information content (AvgIpc) is 3.02. The first-order chi connectivity index (χ1) is 9.22. The lowest BCUT2D eigenvalue weighted by Gasteiger charge is -1.94. The fraction of sp³-hybridized carbons (Fsp3) is 0.0769. The van der Waals surface area contributed by atoms with Crippen molar-refractivity contribution in [2.45, 2.75) is 10.8 Å². The van der Waals surface area contributed by atoms with Gasteiger partial charge >= 0.3 is 5.97 Å². The zero-order valence-electron chi connectivity index (χ0n) is 9.79. The third kappa shape index (κ3) is 2.64. The molecule has 0 aliphatic carbocycles. The fourth-order valence-corrected chi connectivity index (χ4v) is 3.35. The maximum Gasteiger partial charge on any atom is 0.365 e.